The molecule has 29 heavy (non-hydrogen) atoms. The maximum atomic E-state index is 11.6. The molecule has 2 saturated heterocycles. The SMILES string of the molecule is CN=C(NCc1cccnc1N1CCCC(C(N)=O)C1)NCC1(C)CCCS1.I. The standard InChI is InChI=1S/C20H32N6OS.HI/c1-20(8-5-11-28-20)14-25-19(22-2)24-12-15-6-3-9-23-18(15)26-10-4-7-16(13-26)17(21)27;/h3,6,9,16H,4-5,7-8,10-14H2,1-2H3,(H2,21,27)(H2,22,24,25);1H. The summed E-state index contributed by atoms with van der Waals surface area (Å²) in [7, 11) is 1.80. The van der Waals surface area contributed by atoms with Crippen molar-refractivity contribution < 1.29 is 4.79 Å². The van der Waals surface area contributed by atoms with Crippen molar-refractivity contribution in [2.45, 2.75) is 43.9 Å². The summed E-state index contributed by atoms with van der Waals surface area (Å²) in [5.74, 6) is 2.65. The van der Waals surface area contributed by atoms with Gasteiger partial charge in [0.2, 0.25) is 5.91 Å². The average molecular weight is 532 g/mol. The van der Waals surface area contributed by atoms with E-state index in [0.717, 1.165) is 43.3 Å². The van der Waals surface area contributed by atoms with E-state index in [1.165, 1.54) is 18.6 Å². The number of nitrogens with two attached hydrogens (primary N) is 1. The van der Waals surface area contributed by atoms with Crippen LogP contribution in [0, 0.1) is 5.92 Å². The molecule has 0 aromatic carbocycles. The van der Waals surface area contributed by atoms with Crippen LogP contribution in [0.15, 0.2) is 23.3 Å². The van der Waals surface area contributed by atoms with E-state index in [1.54, 1.807) is 13.2 Å². The van der Waals surface area contributed by atoms with Crippen molar-refractivity contribution in [2.24, 2.45) is 16.6 Å². The van der Waals surface area contributed by atoms with E-state index in [-0.39, 0.29) is 40.5 Å². The predicted molar refractivity (Wildman–Crippen MR) is 132 cm³/mol. The van der Waals surface area contributed by atoms with Crippen molar-refractivity contribution in [3.63, 3.8) is 0 Å². The average Bonchev–Trinajstić information content (AvgIpc) is 3.15. The summed E-state index contributed by atoms with van der Waals surface area (Å²) in [6, 6.07) is 4.02. The minimum absolute atomic E-state index is 0. The molecule has 2 atom stereocenters. The van der Waals surface area contributed by atoms with Crippen LogP contribution in [0.5, 0.6) is 0 Å². The minimum atomic E-state index is -0.219. The summed E-state index contributed by atoms with van der Waals surface area (Å²) in [6.45, 7) is 5.39. The van der Waals surface area contributed by atoms with Crippen molar-refractivity contribution in [1.82, 2.24) is 15.6 Å². The summed E-state index contributed by atoms with van der Waals surface area (Å²) in [5.41, 5.74) is 6.63. The van der Waals surface area contributed by atoms with E-state index in [2.05, 4.69) is 38.5 Å². The third-order valence-corrected chi connectivity index (χ3v) is 7.13. The van der Waals surface area contributed by atoms with Crippen LogP contribution >= 0.6 is 35.7 Å². The van der Waals surface area contributed by atoms with Gasteiger partial charge in [0.15, 0.2) is 5.96 Å². The van der Waals surface area contributed by atoms with Gasteiger partial charge in [-0.3, -0.25) is 9.79 Å². The lowest BCUT2D eigenvalue weighted by Crippen LogP contribution is -2.44. The number of hydrogen-bond acceptors (Lipinski definition) is 5. The van der Waals surface area contributed by atoms with Crippen molar-refractivity contribution in [2.75, 3.05) is 37.3 Å². The zero-order valence-electron chi connectivity index (χ0n) is 17.3. The number of halogens is 1. The Hall–Kier alpha value is -1.23. The van der Waals surface area contributed by atoms with E-state index >= 15 is 0 Å². The Morgan fingerprint density at radius 3 is 2.97 bits per heavy atom. The molecular formula is C20H33IN6OS. The van der Waals surface area contributed by atoms with Gasteiger partial charge in [-0.15, -0.1) is 24.0 Å². The number of guanidine groups is 1. The van der Waals surface area contributed by atoms with Gasteiger partial charge >= 0.3 is 0 Å². The first-order chi connectivity index (χ1) is 13.5. The van der Waals surface area contributed by atoms with Crippen molar-refractivity contribution >= 4 is 53.4 Å². The number of anilines is 1. The Bertz CT molecular complexity index is 710. The van der Waals surface area contributed by atoms with Gasteiger partial charge in [0.1, 0.15) is 5.82 Å². The molecule has 3 rings (SSSR count). The number of primary amides is 1. The topological polar surface area (TPSA) is 95.6 Å². The van der Waals surface area contributed by atoms with Crippen LogP contribution in [-0.4, -0.2) is 54.0 Å². The van der Waals surface area contributed by atoms with Gasteiger partial charge in [0.05, 0.1) is 5.92 Å². The molecule has 2 fully saturated rings. The molecule has 0 spiro atoms. The van der Waals surface area contributed by atoms with E-state index in [4.69, 9.17) is 5.73 Å². The Kier molecular flexibility index (Phi) is 9.32. The number of pyridine rings is 1. The lowest BCUT2D eigenvalue weighted by atomic mass is 9.97. The smallest absolute Gasteiger partial charge is 0.222 e. The normalized spacial score (nSPS) is 24.7. The van der Waals surface area contributed by atoms with Crippen LogP contribution in [0.3, 0.4) is 0 Å². The Morgan fingerprint density at radius 1 is 1.45 bits per heavy atom. The number of rotatable bonds is 6. The predicted octanol–water partition coefficient (Wildman–Crippen LogP) is 2.35. The number of aliphatic imine (C=N–C) groups is 1. The Labute approximate surface area is 195 Å². The summed E-state index contributed by atoms with van der Waals surface area (Å²) in [6.07, 6.45) is 6.15. The summed E-state index contributed by atoms with van der Waals surface area (Å²) < 4.78 is 0.286. The minimum Gasteiger partial charge on any atom is -0.369 e. The number of nitrogens with zero attached hydrogens (tertiary/aromatic N) is 3. The largest absolute Gasteiger partial charge is 0.369 e. The highest BCUT2D eigenvalue weighted by molar-refractivity contribution is 14.0. The lowest BCUT2D eigenvalue weighted by Gasteiger charge is -2.33. The highest BCUT2D eigenvalue weighted by atomic mass is 127. The van der Waals surface area contributed by atoms with Crippen molar-refractivity contribution in [3.8, 4) is 0 Å². The quantitative estimate of drug-likeness (QED) is 0.296. The van der Waals surface area contributed by atoms with Gasteiger partial charge in [0, 0.05) is 49.7 Å². The molecule has 3 heterocycles. The van der Waals surface area contributed by atoms with Crippen LogP contribution in [0.1, 0.15) is 38.2 Å². The fourth-order valence-electron chi connectivity index (χ4n) is 3.90. The van der Waals surface area contributed by atoms with Gasteiger partial charge in [-0.1, -0.05) is 6.07 Å². The third kappa shape index (κ3) is 6.63. The molecule has 0 saturated carbocycles. The molecule has 7 nitrogen and oxygen atoms in total. The molecule has 1 aromatic heterocycles. The summed E-state index contributed by atoms with van der Waals surface area (Å²) in [5, 5.41) is 6.88. The van der Waals surface area contributed by atoms with Crippen LogP contribution in [0.25, 0.3) is 0 Å². The van der Waals surface area contributed by atoms with Gasteiger partial charge in [-0.05, 0) is 44.4 Å². The number of hydrogen-bond donors (Lipinski definition) is 3. The highest BCUT2D eigenvalue weighted by Gasteiger charge is 2.29. The fourth-order valence-corrected chi connectivity index (χ4v) is 5.15. The molecule has 0 radical (unpaired) electrons. The van der Waals surface area contributed by atoms with Gasteiger partial charge in [0.25, 0.3) is 0 Å². The first-order valence-electron chi connectivity index (χ1n) is 10.1. The molecule has 2 unspecified atom stereocenters. The number of piperidine rings is 1. The third-order valence-electron chi connectivity index (χ3n) is 5.59. The second kappa shape index (κ2) is 11.2. The first-order valence-corrected chi connectivity index (χ1v) is 11.1. The number of aromatic nitrogens is 1. The number of carbonyl (C=O) groups excluding carboxylic acids is 1. The maximum Gasteiger partial charge on any atom is 0.222 e. The second-order valence-corrected chi connectivity index (χ2v) is 9.54. The van der Waals surface area contributed by atoms with Crippen molar-refractivity contribution in [3.05, 3.63) is 23.9 Å². The number of thioether (sulfide) groups is 1. The van der Waals surface area contributed by atoms with Crippen LogP contribution in [-0.2, 0) is 11.3 Å². The van der Waals surface area contributed by atoms with E-state index in [1.807, 2.05) is 17.8 Å². The fraction of sp³-hybridized carbons (Fsp3) is 0.650. The maximum absolute atomic E-state index is 11.6. The monoisotopic (exact) mass is 532 g/mol. The molecule has 1 aromatic rings. The van der Waals surface area contributed by atoms with Gasteiger partial charge < -0.3 is 21.3 Å². The first kappa shape index (κ1) is 24.0. The zero-order chi connectivity index (χ0) is 20.0. The molecular weight excluding hydrogens is 499 g/mol. The lowest BCUT2D eigenvalue weighted by molar-refractivity contribution is -0.122. The Morgan fingerprint density at radius 2 is 2.28 bits per heavy atom. The molecule has 1 amide bonds. The molecule has 9 heteroatoms. The van der Waals surface area contributed by atoms with Crippen LogP contribution in [0.4, 0.5) is 5.82 Å². The van der Waals surface area contributed by atoms with Gasteiger partial charge in [-0.2, -0.15) is 11.8 Å². The molecule has 162 valence electrons. The molecule has 4 N–H and O–H groups in total. The van der Waals surface area contributed by atoms with E-state index < -0.39 is 0 Å². The summed E-state index contributed by atoms with van der Waals surface area (Å²) in [4.78, 5) is 22.7. The summed E-state index contributed by atoms with van der Waals surface area (Å²) >= 11 is 2.04. The molecule has 2 aliphatic rings. The van der Waals surface area contributed by atoms with E-state index in [0.29, 0.717) is 13.1 Å². The van der Waals surface area contributed by atoms with Crippen LogP contribution in [0.2, 0.25) is 0 Å². The van der Waals surface area contributed by atoms with Crippen molar-refractivity contribution in [1.29, 1.82) is 0 Å². The number of amides is 1. The zero-order valence-corrected chi connectivity index (χ0v) is 20.5. The van der Waals surface area contributed by atoms with Crippen LogP contribution < -0.4 is 21.3 Å². The number of nitrogens with one attached hydrogen (secondary N) is 2. The van der Waals surface area contributed by atoms with E-state index in [9.17, 15) is 4.79 Å². The number of carbonyl (C=O) groups is 1. The molecule has 0 aliphatic carbocycles. The Balaban J connectivity index is 0.00000300. The van der Waals surface area contributed by atoms with Gasteiger partial charge in [-0.25, -0.2) is 4.98 Å². The highest BCUT2D eigenvalue weighted by Crippen LogP contribution is 2.36. The molecule has 2 aliphatic heterocycles. The molecule has 0 bridgehead atoms. The second-order valence-electron chi connectivity index (χ2n) is 7.85.